The number of hydrogen-bond donors (Lipinski definition) is 3. The number of hydrogen-bond acceptors (Lipinski definition) is 8. The van der Waals surface area contributed by atoms with Gasteiger partial charge in [-0.1, -0.05) is 44.6 Å². The van der Waals surface area contributed by atoms with Crippen LogP contribution in [-0.2, 0) is 28.6 Å². The van der Waals surface area contributed by atoms with Crippen LogP contribution >= 0.6 is 0 Å². The van der Waals surface area contributed by atoms with Crippen LogP contribution in [0.15, 0.2) is 12.2 Å². The molecule has 0 aromatic rings. The molecule has 3 N–H and O–H groups in total. The van der Waals surface area contributed by atoms with Gasteiger partial charge < -0.3 is 35.1 Å². The largest absolute Gasteiger partial charge is 0.464 e. The second-order valence-electron chi connectivity index (χ2n) is 14.3. The number of rotatable bonds is 7. The predicted octanol–water partition coefficient (Wildman–Crippen LogP) is 3.87. The molecule has 13 heteroatoms. The molecular formula is C31H52N4O8Si. The van der Waals surface area contributed by atoms with Crippen molar-refractivity contribution in [2.75, 3.05) is 19.8 Å². The highest BCUT2D eigenvalue weighted by molar-refractivity contribution is 6.76. The van der Waals surface area contributed by atoms with E-state index in [2.05, 4.69) is 35.6 Å². The molecule has 1 saturated carbocycles. The third kappa shape index (κ3) is 10.2. The smallest absolute Gasteiger partial charge is 0.407 e. The van der Waals surface area contributed by atoms with Crippen molar-refractivity contribution >= 4 is 38.0 Å². The molecule has 44 heavy (non-hydrogen) atoms. The zero-order valence-corrected chi connectivity index (χ0v) is 28.5. The molecular weight excluding hydrogens is 584 g/mol. The average Bonchev–Trinajstić information content (AvgIpc) is 3.42. The molecule has 2 heterocycles. The van der Waals surface area contributed by atoms with Crippen molar-refractivity contribution in [2.45, 2.75) is 128 Å². The van der Waals surface area contributed by atoms with Gasteiger partial charge in [0.05, 0.1) is 19.3 Å². The van der Waals surface area contributed by atoms with Crippen LogP contribution in [0.2, 0.25) is 25.7 Å². The van der Waals surface area contributed by atoms with Crippen LogP contribution in [0.4, 0.5) is 9.59 Å². The topological polar surface area (TPSA) is 152 Å². The van der Waals surface area contributed by atoms with E-state index in [9.17, 15) is 24.0 Å². The first-order valence-corrected chi connectivity index (χ1v) is 19.6. The molecule has 0 bridgehead atoms. The molecule has 0 radical (unpaired) electrons. The van der Waals surface area contributed by atoms with E-state index in [0.29, 0.717) is 19.3 Å². The van der Waals surface area contributed by atoms with Crippen molar-refractivity contribution in [3.63, 3.8) is 0 Å². The summed E-state index contributed by atoms with van der Waals surface area (Å²) in [7, 11) is -1.43. The Hall–Kier alpha value is -3.09. The van der Waals surface area contributed by atoms with E-state index in [1.807, 2.05) is 12.2 Å². The van der Waals surface area contributed by atoms with Gasteiger partial charge in [0.1, 0.15) is 23.2 Å². The SMILES string of the molecule is CCOC(=O)[C@@]12C[C@H]1C=CCCCCC[C@H](NC(=O)OCC[Si](C)(C)C)C(=O)N1C[C@H](NC(=O)OC(C)(C)C)C[C@H]1C(=O)N2. The lowest BCUT2D eigenvalue weighted by Crippen LogP contribution is -2.56. The quantitative estimate of drug-likeness (QED) is 0.165. The van der Waals surface area contributed by atoms with Crippen molar-refractivity contribution in [3.8, 4) is 0 Å². The lowest BCUT2D eigenvalue weighted by Gasteiger charge is -2.29. The third-order valence-electron chi connectivity index (χ3n) is 8.02. The normalized spacial score (nSPS) is 27.9. The summed E-state index contributed by atoms with van der Waals surface area (Å²) in [5.74, 6) is -1.67. The Bertz CT molecular complexity index is 1100. The first-order valence-electron chi connectivity index (χ1n) is 15.9. The second kappa shape index (κ2) is 14.8. The van der Waals surface area contributed by atoms with Crippen LogP contribution in [0.3, 0.4) is 0 Å². The van der Waals surface area contributed by atoms with E-state index in [1.54, 1.807) is 27.7 Å². The summed E-state index contributed by atoms with van der Waals surface area (Å²) in [6, 6.07) is -1.70. The van der Waals surface area contributed by atoms with Gasteiger partial charge in [0.25, 0.3) is 0 Å². The average molecular weight is 637 g/mol. The minimum atomic E-state index is -1.43. The van der Waals surface area contributed by atoms with Gasteiger partial charge in [-0.3, -0.25) is 9.59 Å². The third-order valence-corrected chi connectivity index (χ3v) is 9.72. The molecule has 1 aliphatic carbocycles. The van der Waals surface area contributed by atoms with Crippen LogP contribution in [0.5, 0.6) is 0 Å². The fourth-order valence-corrected chi connectivity index (χ4v) is 6.27. The van der Waals surface area contributed by atoms with Crippen LogP contribution in [0, 0.1) is 5.92 Å². The molecule has 0 spiro atoms. The van der Waals surface area contributed by atoms with Crippen LogP contribution in [-0.4, -0.2) is 92.0 Å². The summed E-state index contributed by atoms with van der Waals surface area (Å²) >= 11 is 0. The van der Waals surface area contributed by atoms with Gasteiger partial charge >= 0.3 is 18.2 Å². The molecule has 248 valence electrons. The lowest BCUT2D eigenvalue weighted by atomic mass is 10.0. The van der Waals surface area contributed by atoms with Gasteiger partial charge in [0.15, 0.2) is 0 Å². The number of carbonyl (C=O) groups is 5. The molecule has 5 atom stereocenters. The maximum atomic E-state index is 14.1. The summed E-state index contributed by atoms with van der Waals surface area (Å²) in [6.45, 7) is 14.0. The summed E-state index contributed by atoms with van der Waals surface area (Å²) in [4.78, 5) is 67.8. The van der Waals surface area contributed by atoms with Gasteiger partial charge in [0, 0.05) is 20.5 Å². The van der Waals surface area contributed by atoms with Crippen LogP contribution in [0.25, 0.3) is 0 Å². The Morgan fingerprint density at radius 2 is 1.80 bits per heavy atom. The maximum Gasteiger partial charge on any atom is 0.407 e. The van der Waals surface area contributed by atoms with E-state index < -0.39 is 67.3 Å². The number of ether oxygens (including phenoxy) is 3. The summed E-state index contributed by atoms with van der Waals surface area (Å²) in [5.41, 5.74) is -1.93. The standard InChI is InChI=1S/C31H52N4O8Si/c1-8-41-27(38)31-19-21(31)14-12-10-9-11-13-15-23(33-28(39)42-16-17-44(5,6)7)26(37)35-20-22(18-24(35)25(36)34-31)32-29(40)43-30(2,3)4/h12,14,21-24H,8-11,13,15-20H2,1-7H3,(H,32,40)(H,33,39)(H,34,36)/t21-,22-,23+,24+,31-/m1/s1. The first-order chi connectivity index (χ1) is 20.5. The van der Waals surface area contributed by atoms with Crippen molar-refractivity contribution in [1.29, 1.82) is 0 Å². The molecule has 0 unspecified atom stereocenters. The minimum absolute atomic E-state index is 0.0365. The predicted molar refractivity (Wildman–Crippen MR) is 168 cm³/mol. The number of nitrogens with zero attached hydrogens (tertiary/aromatic N) is 1. The van der Waals surface area contributed by atoms with Crippen molar-refractivity contribution in [3.05, 3.63) is 12.2 Å². The van der Waals surface area contributed by atoms with Crippen molar-refractivity contribution in [2.24, 2.45) is 5.92 Å². The van der Waals surface area contributed by atoms with E-state index in [4.69, 9.17) is 14.2 Å². The van der Waals surface area contributed by atoms with Gasteiger partial charge in [-0.2, -0.15) is 0 Å². The Morgan fingerprint density at radius 3 is 2.45 bits per heavy atom. The maximum absolute atomic E-state index is 14.1. The molecule has 3 aliphatic rings. The van der Waals surface area contributed by atoms with E-state index in [0.717, 1.165) is 25.3 Å². The zero-order chi connectivity index (χ0) is 32.7. The zero-order valence-electron chi connectivity index (χ0n) is 27.5. The number of nitrogens with one attached hydrogen (secondary N) is 3. The minimum Gasteiger partial charge on any atom is -0.464 e. The highest BCUT2D eigenvalue weighted by Crippen LogP contribution is 2.46. The fraction of sp³-hybridized carbons (Fsp3) is 0.774. The second-order valence-corrected chi connectivity index (χ2v) is 19.9. The van der Waals surface area contributed by atoms with Crippen LogP contribution < -0.4 is 16.0 Å². The summed E-state index contributed by atoms with van der Waals surface area (Å²) in [6.07, 6.45) is 6.72. The lowest BCUT2D eigenvalue weighted by molar-refractivity contribution is -0.150. The van der Waals surface area contributed by atoms with Gasteiger partial charge in [-0.05, 0) is 65.8 Å². The molecule has 0 aromatic heterocycles. The molecule has 2 fully saturated rings. The number of carbonyl (C=O) groups excluding carboxylic acids is 5. The highest BCUT2D eigenvalue weighted by Gasteiger charge is 2.62. The van der Waals surface area contributed by atoms with E-state index >= 15 is 0 Å². The van der Waals surface area contributed by atoms with Crippen molar-refractivity contribution < 1.29 is 38.2 Å². The first kappa shape index (κ1) is 35.4. The summed E-state index contributed by atoms with van der Waals surface area (Å²) < 4.78 is 16.2. The molecule has 4 amide bonds. The Labute approximate surface area is 262 Å². The Kier molecular flexibility index (Phi) is 11.9. The van der Waals surface area contributed by atoms with E-state index in [-0.39, 0.29) is 32.1 Å². The Morgan fingerprint density at radius 1 is 1.07 bits per heavy atom. The monoisotopic (exact) mass is 636 g/mol. The fourth-order valence-electron chi connectivity index (χ4n) is 5.56. The van der Waals surface area contributed by atoms with Crippen LogP contribution in [0.1, 0.15) is 72.6 Å². The number of fused-ring (bicyclic) bond motifs is 2. The van der Waals surface area contributed by atoms with Crippen molar-refractivity contribution in [1.82, 2.24) is 20.9 Å². The number of allylic oxidation sites excluding steroid dienone is 1. The number of amides is 4. The highest BCUT2D eigenvalue weighted by atomic mass is 28.3. The molecule has 12 nitrogen and oxygen atoms in total. The Balaban J connectivity index is 1.86. The van der Waals surface area contributed by atoms with Gasteiger partial charge in [0.2, 0.25) is 11.8 Å². The number of alkyl carbamates (subject to hydrolysis) is 2. The molecule has 0 aromatic carbocycles. The summed E-state index contributed by atoms with van der Waals surface area (Å²) in [5, 5.41) is 8.45. The molecule has 3 rings (SSSR count). The molecule has 2 aliphatic heterocycles. The number of esters is 1. The molecule has 1 saturated heterocycles. The van der Waals surface area contributed by atoms with Gasteiger partial charge in [-0.15, -0.1) is 0 Å². The van der Waals surface area contributed by atoms with E-state index in [1.165, 1.54) is 4.90 Å². The van der Waals surface area contributed by atoms with Gasteiger partial charge in [-0.25, -0.2) is 14.4 Å².